The first kappa shape index (κ1) is 23.6. The number of aliphatic imine (C=N–C) groups is 1. The van der Waals surface area contributed by atoms with Crippen LogP contribution in [0.4, 0.5) is 16.2 Å². The molecule has 0 radical (unpaired) electrons. The molecule has 3 amide bonds. The minimum Gasteiger partial charge on any atom is -0.356 e. The molecule has 7 nitrogen and oxygen atoms in total. The molecule has 2 aliphatic rings. The number of fused-ring (bicyclic) bond motifs is 1. The number of benzene rings is 2. The molecule has 0 aliphatic carbocycles. The Bertz CT molecular complexity index is 1000. The standard InChI is InChI=1S/C24H29N5O2.ClH/c1-17-10-9-11-18(16-17)25-24(31)27-21-23(30)28(2)20-13-6-5-12-19(20)22(26-21)29-14-7-3-4-8-15-29;/h5-6,9-13,16,21H,3-4,7-8,14-15H2,1-2H3,(H2,25,27,31);1H/t21-;/m0./s1. The highest BCUT2D eigenvalue weighted by atomic mass is 35.5. The summed E-state index contributed by atoms with van der Waals surface area (Å²) in [7, 11) is 1.73. The fraction of sp³-hybridized carbons (Fsp3) is 0.375. The van der Waals surface area contributed by atoms with Gasteiger partial charge in [-0.1, -0.05) is 37.1 Å². The summed E-state index contributed by atoms with van der Waals surface area (Å²) in [6.07, 6.45) is 3.59. The Balaban J connectivity index is 0.00000289. The van der Waals surface area contributed by atoms with Gasteiger partial charge in [0.05, 0.1) is 5.69 Å². The van der Waals surface area contributed by atoms with Crippen LogP contribution in [0.1, 0.15) is 36.8 Å². The third-order valence-electron chi connectivity index (χ3n) is 5.77. The summed E-state index contributed by atoms with van der Waals surface area (Å²) in [5, 5.41) is 5.58. The summed E-state index contributed by atoms with van der Waals surface area (Å²) in [5.74, 6) is 0.507. The molecular weight excluding hydrogens is 426 g/mol. The lowest BCUT2D eigenvalue weighted by atomic mass is 10.1. The molecule has 1 fully saturated rings. The molecule has 8 heteroatoms. The third kappa shape index (κ3) is 5.22. The number of aryl methyl sites for hydroxylation is 1. The number of rotatable bonds is 2. The Kier molecular flexibility index (Phi) is 7.75. The van der Waals surface area contributed by atoms with E-state index in [-0.39, 0.29) is 18.3 Å². The predicted octanol–water partition coefficient (Wildman–Crippen LogP) is 4.16. The maximum Gasteiger partial charge on any atom is 0.321 e. The van der Waals surface area contributed by atoms with Gasteiger partial charge in [0, 0.05) is 31.4 Å². The van der Waals surface area contributed by atoms with Gasteiger partial charge in [-0.05, 0) is 49.6 Å². The Morgan fingerprint density at radius 1 is 1.03 bits per heavy atom. The number of amidine groups is 1. The van der Waals surface area contributed by atoms with Gasteiger partial charge in [0.2, 0.25) is 6.17 Å². The second kappa shape index (κ2) is 10.5. The number of hydrogen-bond donors (Lipinski definition) is 2. The first-order valence-electron chi connectivity index (χ1n) is 10.9. The van der Waals surface area contributed by atoms with E-state index in [4.69, 9.17) is 4.99 Å². The molecule has 0 aromatic heterocycles. The Labute approximate surface area is 195 Å². The monoisotopic (exact) mass is 455 g/mol. The molecule has 2 N–H and O–H groups in total. The lowest BCUT2D eigenvalue weighted by molar-refractivity contribution is -0.119. The number of carbonyl (C=O) groups excluding carboxylic acids is 2. The molecule has 0 unspecified atom stereocenters. The average Bonchev–Trinajstić information content (AvgIpc) is 3.09. The maximum atomic E-state index is 13.2. The van der Waals surface area contributed by atoms with Gasteiger partial charge < -0.3 is 20.4 Å². The number of urea groups is 1. The second-order valence-corrected chi connectivity index (χ2v) is 8.14. The average molecular weight is 456 g/mol. The normalized spacial score (nSPS) is 18.5. The van der Waals surface area contributed by atoms with E-state index >= 15 is 0 Å². The largest absolute Gasteiger partial charge is 0.356 e. The smallest absolute Gasteiger partial charge is 0.321 e. The van der Waals surface area contributed by atoms with Crippen molar-refractivity contribution in [3.63, 3.8) is 0 Å². The van der Waals surface area contributed by atoms with Crippen LogP contribution >= 0.6 is 12.4 Å². The molecule has 2 heterocycles. The van der Waals surface area contributed by atoms with Gasteiger partial charge in [0.15, 0.2) is 0 Å². The van der Waals surface area contributed by atoms with Crippen molar-refractivity contribution in [1.29, 1.82) is 0 Å². The highest BCUT2D eigenvalue weighted by Gasteiger charge is 2.32. The molecule has 1 saturated heterocycles. The zero-order chi connectivity index (χ0) is 21.8. The Hall–Kier alpha value is -3.06. The van der Waals surface area contributed by atoms with Gasteiger partial charge in [-0.25, -0.2) is 9.79 Å². The molecule has 2 aromatic rings. The van der Waals surface area contributed by atoms with Gasteiger partial charge in [-0.2, -0.15) is 0 Å². The lowest BCUT2D eigenvalue weighted by Crippen LogP contribution is -2.47. The van der Waals surface area contributed by atoms with Crippen LogP contribution in [0.15, 0.2) is 53.5 Å². The number of halogens is 1. The van der Waals surface area contributed by atoms with E-state index in [1.165, 1.54) is 12.8 Å². The van der Waals surface area contributed by atoms with E-state index in [1.54, 1.807) is 11.9 Å². The van der Waals surface area contributed by atoms with E-state index in [0.29, 0.717) is 5.69 Å². The Morgan fingerprint density at radius 2 is 1.75 bits per heavy atom. The molecule has 0 saturated carbocycles. The van der Waals surface area contributed by atoms with Crippen molar-refractivity contribution in [3.05, 3.63) is 59.7 Å². The minimum atomic E-state index is -1.000. The van der Waals surface area contributed by atoms with E-state index in [2.05, 4.69) is 15.5 Å². The summed E-state index contributed by atoms with van der Waals surface area (Å²) >= 11 is 0. The van der Waals surface area contributed by atoms with Crippen LogP contribution in [0.2, 0.25) is 0 Å². The number of benzodiazepines with no additional fused rings is 1. The first-order chi connectivity index (χ1) is 15.0. The summed E-state index contributed by atoms with van der Waals surface area (Å²) < 4.78 is 0. The number of anilines is 2. The quantitative estimate of drug-likeness (QED) is 0.713. The van der Waals surface area contributed by atoms with Crippen LogP contribution in [-0.2, 0) is 4.79 Å². The number of para-hydroxylation sites is 1. The molecule has 32 heavy (non-hydrogen) atoms. The van der Waals surface area contributed by atoms with Gasteiger partial charge in [-0.3, -0.25) is 4.79 Å². The van der Waals surface area contributed by atoms with Crippen molar-refractivity contribution >= 4 is 41.6 Å². The highest BCUT2D eigenvalue weighted by Crippen LogP contribution is 2.27. The zero-order valence-electron chi connectivity index (χ0n) is 18.5. The summed E-state index contributed by atoms with van der Waals surface area (Å²) in [4.78, 5) is 34.5. The maximum absolute atomic E-state index is 13.2. The van der Waals surface area contributed by atoms with Crippen molar-refractivity contribution in [3.8, 4) is 0 Å². The molecule has 1 atom stereocenters. The van der Waals surface area contributed by atoms with Crippen molar-refractivity contribution < 1.29 is 9.59 Å². The number of carbonyl (C=O) groups is 2. The topological polar surface area (TPSA) is 77.0 Å². The number of likely N-dealkylation sites (N-methyl/N-ethyl adjacent to an activating group) is 1. The number of hydrogen-bond acceptors (Lipinski definition) is 4. The highest BCUT2D eigenvalue weighted by molar-refractivity contribution is 6.12. The van der Waals surface area contributed by atoms with Crippen molar-refractivity contribution in [2.75, 3.05) is 30.4 Å². The van der Waals surface area contributed by atoms with Gasteiger partial charge in [0.25, 0.3) is 5.91 Å². The summed E-state index contributed by atoms with van der Waals surface area (Å²) in [6.45, 7) is 3.75. The van der Waals surface area contributed by atoms with Crippen LogP contribution in [0, 0.1) is 6.92 Å². The minimum absolute atomic E-state index is 0. The predicted molar refractivity (Wildman–Crippen MR) is 131 cm³/mol. The van der Waals surface area contributed by atoms with Crippen molar-refractivity contribution in [2.45, 2.75) is 38.8 Å². The van der Waals surface area contributed by atoms with Crippen LogP contribution in [0.25, 0.3) is 0 Å². The number of nitrogens with zero attached hydrogens (tertiary/aromatic N) is 3. The molecule has 2 aromatic carbocycles. The number of amides is 3. The third-order valence-corrected chi connectivity index (χ3v) is 5.77. The number of nitrogens with one attached hydrogen (secondary N) is 2. The zero-order valence-corrected chi connectivity index (χ0v) is 19.3. The molecule has 4 rings (SSSR count). The van der Waals surface area contributed by atoms with Crippen molar-refractivity contribution in [2.24, 2.45) is 4.99 Å². The van der Waals surface area contributed by atoms with Crippen LogP contribution in [0.3, 0.4) is 0 Å². The molecular formula is C24H30ClN5O2. The molecule has 0 spiro atoms. The first-order valence-corrected chi connectivity index (χ1v) is 10.9. The summed E-state index contributed by atoms with van der Waals surface area (Å²) in [5.41, 5.74) is 3.44. The Morgan fingerprint density at radius 3 is 2.47 bits per heavy atom. The SMILES string of the molecule is Cc1cccc(NC(=O)N[C@@H]2N=C(N3CCCCCC3)c3ccccc3N(C)C2=O)c1.Cl. The molecule has 2 aliphatic heterocycles. The van der Waals surface area contributed by atoms with E-state index in [1.807, 2.05) is 55.5 Å². The molecule has 0 bridgehead atoms. The second-order valence-electron chi connectivity index (χ2n) is 8.14. The fourth-order valence-corrected chi connectivity index (χ4v) is 4.15. The van der Waals surface area contributed by atoms with Gasteiger partial charge >= 0.3 is 6.03 Å². The fourth-order valence-electron chi connectivity index (χ4n) is 4.15. The van der Waals surface area contributed by atoms with E-state index in [9.17, 15) is 9.59 Å². The molecule has 170 valence electrons. The van der Waals surface area contributed by atoms with Crippen LogP contribution in [0.5, 0.6) is 0 Å². The lowest BCUT2D eigenvalue weighted by Gasteiger charge is -2.25. The van der Waals surface area contributed by atoms with Gasteiger partial charge in [0.1, 0.15) is 5.84 Å². The van der Waals surface area contributed by atoms with Crippen molar-refractivity contribution in [1.82, 2.24) is 10.2 Å². The van der Waals surface area contributed by atoms with Gasteiger partial charge in [-0.15, -0.1) is 12.4 Å². The van der Waals surface area contributed by atoms with E-state index < -0.39 is 12.2 Å². The van der Waals surface area contributed by atoms with E-state index in [0.717, 1.165) is 48.6 Å². The summed E-state index contributed by atoms with van der Waals surface area (Å²) in [6, 6.07) is 14.9. The van der Waals surface area contributed by atoms with Crippen LogP contribution < -0.4 is 15.5 Å². The van der Waals surface area contributed by atoms with Crippen LogP contribution in [-0.4, -0.2) is 49.0 Å². The number of likely N-dealkylation sites (tertiary alicyclic amines) is 1.